The largest absolute Gasteiger partial charge is 0.352 e. The highest BCUT2D eigenvalue weighted by Gasteiger charge is 2.18. The molecule has 2 aromatic rings. The first-order chi connectivity index (χ1) is 9.20. The predicted octanol–water partition coefficient (Wildman–Crippen LogP) is 1.06. The lowest BCUT2D eigenvalue weighted by Crippen LogP contribution is -2.19. The zero-order valence-electron chi connectivity index (χ0n) is 10.7. The van der Waals surface area contributed by atoms with Crippen LogP contribution in [0.2, 0.25) is 0 Å². The van der Waals surface area contributed by atoms with Crippen LogP contribution in [0.15, 0.2) is 34.9 Å². The summed E-state index contributed by atoms with van der Waals surface area (Å²) in [7, 11) is 1.51. The van der Waals surface area contributed by atoms with Gasteiger partial charge in [0.05, 0.1) is 6.04 Å². The van der Waals surface area contributed by atoms with Crippen molar-refractivity contribution in [1.82, 2.24) is 15.5 Å². The highest BCUT2D eigenvalue weighted by molar-refractivity contribution is 5.89. The predicted molar refractivity (Wildman–Crippen MR) is 69.4 cm³/mol. The third-order valence-corrected chi connectivity index (χ3v) is 2.78. The number of nitrogens with one attached hydrogen (secondary N) is 1. The molecule has 0 aliphatic carbocycles. The molecule has 0 saturated carbocycles. The van der Waals surface area contributed by atoms with Crippen molar-refractivity contribution in [3.8, 4) is 0 Å². The van der Waals surface area contributed by atoms with Gasteiger partial charge in [-0.25, -0.2) is 0 Å². The van der Waals surface area contributed by atoms with Crippen LogP contribution in [-0.4, -0.2) is 23.1 Å². The maximum absolute atomic E-state index is 11.3. The second kappa shape index (κ2) is 6.10. The summed E-state index contributed by atoms with van der Waals surface area (Å²) in [5.74, 6) is -0.0903. The minimum atomic E-state index is -0.384. The molecule has 0 aliphatic rings. The van der Waals surface area contributed by atoms with Crippen molar-refractivity contribution in [2.45, 2.75) is 18.9 Å². The van der Waals surface area contributed by atoms with Gasteiger partial charge in [0.15, 0.2) is 0 Å². The Labute approximate surface area is 111 Å². The van der Waals surface area contributed by atoms with Gasteiger partial charge in [-0.15, -0.1) is 0 Å². The van der Waals surface area contributed by atoms with Crippen LogP contribution in [0.1, 0.15) is 34.5 Å². The summed E-state index contributed by atoms with van der Waals surface area (Å²) in [6.45, 7) is 0. The summed E-state index contributed by atoms with van der Waals surface area (Å²) >= 11 is 0. The second-order valence-corrected chi connectivity index (χ2v) is 4.17. The molecule has 0 bridgehead atoms. The molecule has 0 spiro atoms. The number of rotatable bonds is 5. The Kier molecular flexibility index (Phi) is 4.25. The van der Waals surface area contributed by atoms with E-state index in [4.69, 9.17) is 10.3 Å². The van der Waals surface area contributed by atoms with Gasteiger partial charge >= 0.3 is 0 Å². The van der Waals surface area contributed by atoms with Crippen LogP contribution >= 0.6 is 0 Å². The van der Waals surface area contributed by atoms with E-state index in [0.717, 1.165) is 6.42 Å². The zero-order chi connectivity index (χ0) is 13.7. The van der Waals surface area contributed by atoms with E-state index in [1.54, 1.807) is 0 Å². The fraction of sp³-hybridized carbons (Fsp3) is 0.308. The third-order valence-electron chi connectivity index (χ3n) is 2.78. The number of benzene rings is 1. The van der Waals surface area contributed by atoms with Crippen LogP contribution in [0.5, 0.6) is 0 Å². The van der Waals surface area contributed by atoms with Gasteiger partial charge < -0.3 is 15.6 Å². The number of hydrogen-bond donors (Lipinski definition) is 2. The van der Waals surface area contributed by atoms with Gasteiger partial charge in [-0.05, 0) is 18.4 Å². The van der Waals surface area contributed by atoms with Crippen molar-refractivity contribution in [3.63, 3.8) is 0 Å². The van der Waals surface area contributed by atoms with Crippen LogP contribution in [0, 0.1) is 0 Å². The molecule has 0 radical (unpaired) electrons. The first-order valence-electron chi connectivity index (χ1n) is 6.06. The number of aromatic nitrogens is 2. The SMILES string of the molecule is CNC(=O)c1noc([C@@H](N)CCc2ccccc2)n1. The number of amides is 1. The normalized spacial score (nSPS) is 12.1. The highest BCUT2D eigenvalue weighted by atomic mass is 16.5. The fourth-order valence-electron chi connectivity index (χ4n) is 1.68. The number of nitrogens with two attached hydrogens (primary N) is 1. The molecular weight excluding hydrogens is 244 g/mol. The maximum Gasteiger partial charge on any atom is 0.292 e. The van der Waals surface area contributed by atoms with E-state index in [-0.39, 0.29) is 23.7 Å². The molecule has 6 nitrogen and oxygen atoms in total. The Morgan fingerprint density at radius 3 is 2.84 bits per heavy atom. The molecular formula is C13H16N4O2. The van der Waals surface area contributed by atoms with E-state index >= 15 is 0 Å². The van der Waals surface area contributed by atoms with Gasteiger partial charge in [-0.1, -0.05) is 35.5 Å². The molecule has 19 heavy (non-hydrogen) atoms. The molecule has 0 unspecified atom stereocenters. The number of nitrogens with zero attached hydrogens (tertiary/aromatic N) is 2. The minimum Gasteiger partial charge on any atom is -0.352 e. The Morgan fingerprint density at radius 2 is 2.16 bits per heavy atom. The molecule has 1 atom stereocenters. The van der Waals surface area contributed by atoms with E-state index in [0.29, 0.717) is 6.42 Å². The molecule has 6 heteroatoms. The summed E-state index contributed by atoms with van der Waals surface area (Å²) in [5, 5.41) is 6.01. The summed E-state index contributed by atoms with van der Waals surface area (Å²) in [4.78, 5) is 15.3. The molecule has 1 heterocycles. The standard InChI is InChI=1S/C13H16N4O2/c1-15-12(18)11-16-13(19-17-11)10(14)8-7-9-5-3-2-4-6-9/h2-6,10H,7-8,14H2,1H3,(H,15,18)/t10-/m0/s1. The van der Waals surface area contributed by atoms with Gasteiger partial charge in [-0.2, -0.15) is 4.98 Å². The molecule has 0 saturated heterocycles. The summed E-state index contributed by atoms with van der Waals surface area (Å²) in [5.41, 5.74) is 7.17. The summed E-state index contributed by atoms with van der Waals surface area (Å²) in [6, 6.07) is 9.64. The van der Waals surface area contributed by atoms with Gasteiger partial charge in [0, 0.05) is 7.05 Å². The van der Waals surface area contributed by atoms with Crippen molar-refractivity contribution < 1.29 is 9.32 Å². The minimum absolute atomic E-state index is 0.00709. The fourth-order valence-corrected chi connectivity index (χ4v) is 1.68. The second-order valence-electron chi connectivity index (χ2n) is 4.17. The quantitative estimate of drug-likeness (QED) is 0.838. The molecule has 0 aliphatic heterocycles. The molecule has 100 valence electrons. The Morgan fingerprint density at radius 1 is 1.42 bits per heavy atom. The van der Waals surface area contributed by atoms with Gasteiger partial charge in [0.2, 0.25) is 5.89 Å². The van der Waals surface area contributed by atoms with E-state index in [1.165, 1.54) is 12.6 Å². The topological polar surface area (TPSA) is 94.0 Å². The van der Waals surface area contributed by atoms with Gasteiger partial charge in [0.25, 0.3) is 11.7 Å². The Bertz CT molecular complexity index is 539. The average molecular weight is 260 g/mol. The van der Waals surface area contributed by atoms with Crippen LogP contribution in [0.4, 0.5) is 0 Å². The van der Waals surface area contributed by atoms with Crippen LogP contribution in [0.25, 0.3) is 0 Å². The van der Waals surface area contributed by atoms with Crippen molar-refractivity contribution in [2.24, 2.45) is 5.73 Å². The molecule has 2 rings (SSSR count). The molecule has 1 aromatic heterocycles. The number of aryl methyl sites for hydroxylation is 1. The molecule has 1 aromatic carbocycles. The number of hydrogen-bond acceptors (Lipinski definition) is 5. The first-order valence-corrected chi connectivity index (χ1v) is 6.06. The van der Waals surface area contributed by atoms with E-state index < -0.39 is 0 Å². The van der Waals surface area contributed by atoms with Crippen molar-refractivity contribution in [3.05, 3.63) is 47.6 Å². The first kappa shape index (κ1) is 13.2. The van der Waals surface area contributed by atoms with Gasteiger partial charge in [0.1, 0.15) is 0 Å². The summed E-state index contributed by atoms with van der Waals surface area (Å²) < 4.78 is 4.99. The van der Waals surface area contributed by atoms with E-state index in [9.17, 15) is 4.79 Å². The van der Waals surface area contributed by atoms with Gasteiger partial charge in [-0.3, -0.25) is 4.79 Å². The maximum atomic E-state index is 11.3. The Balaban J connectivity index is 1.94. The van der Waals surface area contributed by atoms with Crippen LogP contribution in [-0.2, 0) is 6.42 Å². The van der Waals surface area contributed by atoms with E-state index in [2.05, 4.69) is 15.5 Å². The van der Waals surface area contributed by atoms with Crippen molar-refractivity contribution >= 4 is 5.91 Å². The lowest BCUT2D eigenvalue weighted by Gasteiger charge is -2.06. The third kappa shape index (κ3) is 3.38. The molecule has 0 fully saturated rings. The van der Waals surface area contributed by atoms with Crippen LogP contribution in [0.3, 0.4) is 0 Å². The molecule has 3 N–H and O–H groups in total. The number of carbonyl (C=O) groups is 1. The van der Waals surface area contributed by atoms with Crippen molar-refractivity contribution in [1.29, 1.82) is 0 Å². The smallest absolute Gasteiger partial charge is 0.292 e. The lowest BCUT2D eigenvalue weighted by atomic mass is 10.1. The van der Waals surface area contributed by atoms with Crippen LogP contribution < -0.4 is 11.1 Å². The average Bonchev–Trinajstić information content (AvgIpc) is 2.95. The van der Waals surface area contributed by atoms with E-state index in [1.807, 2.05) is 30.3 Å². The monoisotopic (exact) mass is 260 g/mol. The highest BCUT2D eigenvalue weighted by Crippen LogP contribution is 2.15. The zero-order valence-corrected chi connectivity index (χ0v) is 10.7. The number of carbonyl (C=O) groups excluding carboxylic acids is 1. The lowest BCUT2D eigenvalue weighted by molar-refractivity contribution is 0.0950. The van der Waals surface area contributed by atoms with Crippen molar-refractivity contribution in [2.75, 3.05) is 7.05 Å². The molecule has 1 amide bonds. The Hall–Kier alpha value is -2.21. The summed E-state index contributed by atoms with van der Waals surface area (Å²) in [6.07, 6.45) is 1.50.